The third-order valence-corrected chi connectivity index (χ3v) is 3.37. The van der Waals surface area contributed by atoms with Gasteiger partial charge in [-0.25, -0.2) is 0 Å². The molecule has 0 aromatic heterocycles. The Bertz CT molecular complexity index is 314. The molecule has 1 aliphatic heterocycles. The summed E-state index contributed by atoms with van der Waals surface area (Å²) in [5.74, 6) is 0. The molecule has 2 heteroatoms. The van der Waals surface area contributed by atoms with Gasteiger partial charge in [0.25, 0.3) is 0 Å². The molecule has 16 heavy (non-hydrogen) atoms. The van der Waals surface area contributed by atoms with Crippen molar-refractivity contribution >= 4 is 5.69 Å². The maximum Gasteiger partial charge on any atom is 0.0369 e. The van der Waals surface area contributed by atoms with Crippen LogP contribution in [0.2, 0.25) is 0 Å². The van der Waals surface area contributed by atoms with Crippen molar-refractivity contribution in [3.63, 3.8) is 0 Å². The van der Waals surface area contributed by atoms with Crippen LogP contribution in [0.25, 0.3) is 0 Å². The molecule has 1 fully saturated rings. The van der Waals surface area contributed by atoms with Crippen LogP contribution in [-0.4, -0.2) is 13.1 Å². The first kappa shape index (κ1) is 11.5. The smallest absolute Gasteiger partial charge is 0.0369 e. The average molecular weight is 218 g/mol. The van der Waals surface area contributed by atoms with Crippen LogP contribution < -0.4 is 10.6 Å². The van der Waals surface area contributed by atoms with Gasteiger partial charge in [-0.1, -0.05) is 31.4 Å². The number of hydrogen-bond acceptors (Lipinski definition) is 2. The van der Waals surface area contributed by atoms with Crippen molar-refractivity contribution < 1.29 is 0 Å². The van der Waals surface area contributed by atoms with E-state index < -0.39 is 0 Å². The highest BCUT2D eigenvalue weighted by Gasteiger charge is 2.08. The second-order valence-electron chi connectivity index (χ2n) is 4.63. The third-order valence-electron chi connectivity index (χ3n) is 3.37. The minimum absolute atomic E-state index is 0.641. The van der Waals surface area contributed by atoms with E-state index in [9.17, 15) is 0 Å². The molecule has 0 unspecified atom stereocenters. The molecule has 2 N–H and O–H groups in total. The van der Waals surface area contributed by atoms with Crippen LogP contribution in [0.15, 0.2) is 24.3 Å². The zero-order valence-electron chi connectivity index (χ0n) is 9.99. The third kappa shape index (κ3) is 2.99. The van der Waals surface area contributed by atoms with Gasteiger partial charge in [-0.2, -0.15) is 0 Å². The summed E-state index contributed by atoms with van der Waals surface area (Å²) in [4.78, 5) is 2.51. The molecule has 2 rings (SSSR count). The Hall–Kier alpha value is -1.02. The summed E-state index contributed by atoms with van der Waals surface area (Å²) in [6.45, 7) is 3.05. The molecule has 1 aromatic carbocycles. The van der Waals surface area contributed by atoms with E-state index in [1.807, 2.05) is 0 Å². The Morgan fingerprint density at radius 3 is 2.38 bits per heavy atom. The molecule has 0 radical (unpaired) electrons. The van der Waals surface area contributed by atoms with Crippen molar-refractivity contribution in [2.45, 2.75) is 38.6 Å². The quantitative estimate of drug-likeness (QED) is 0.827. The summed E-state index contributed by atoms with van der Waals surface area (Å²) in [6, 6.07) is 8.67. The lowest BCUT2D eigenvalue weighted by molar-refractivity contribution is 0.556. The lowest BCUT2D eigenvalue weighted by atomic mass is 10.1. The maximum absolute atomic E-state index is 5.69. The zero-order valence-corrected chi connectivity index (χ0v) is 9.99. The first-order valence-corrected chi connectivity index (χ1v) is 6.44. The summed E-state index contributed by atoms with van der Waals surface area (Å²) in [7, 11) is 0. The standard InChI is InChI=1S/C14H22N2/c15-12-13-7-6-8-14(11-13)16-9-4-2-1-3-5-10-16/h6-8,11H,1-5,9-10,12,15H2. The lowest BCUT2D eigenvalue weighted by Crippen LogP contribution is -2.27. The van der Waals surface area contributed by atoms with Crippen LogP contribution >= 0.6 is 0 Å². The Morgan fingerprint density at radius 2 is 1.69 bits per heavy atom. The van der Waals surface area contributed by atoms with Crippen molar-refractivity contribution in [1.82, 2.24) is 0 Å². The fourth-order valence-corrected chi connectivity index (χ4v) is 2.39. The molecule has 0 aliphatic carbocycles. The molecule has 1 aliphatic rings. The van der Waals surface area contributed by atoms with Crippen molar-refractivity contribution in [2.75, 3.05) is 18.0 Å². The Labute approximate surface area is 98.4 Å². The molecule has 0 amide bonds. The van der Waals surface area contributed by atoms with E-state index >= 15 is 0 Å². The Morgan fingerprint density at radius 1 is 1.00 bits per heavy atom. The van der Waals surface area contributed by atoms with Crippen molar-refractivity contribution in [1.29, 1.82) is 0 Å². The van der Waals surface area contributed by atoms with Gasteiger partial charge >= 0.3 is 0 Å². The van der Waals surface area contributed by atoms with Gasteiger partial charge in [0, 0.05) is 25.3 Å². The van der Waals surface area contributed by atoms with Crippen LogP contribution in [0.3, 0.4) is 0 Å². The molecule has 0 spiro atoms. The molecule has 0 atom stereocenters. The largest absolute Gasteiger partial charge is 0.372 e. The van der Waals surface area contributed by atoms with Gasteiger partial charge in [0.1, 0.15) is 0 Å². The summed E-state index contributed by atoms with van der Waals surface area (Å²) >= 11 is 0. The van der Waals surface area contributed by atoms with E-state index in [0.717, 1.165) is 0 Å². The molecule has 1 heterocycles. The number of hydrogen-bond donors (Lipinski definition) is 1. The fourth-order valence-electron chi connectivity index (χ4n) is 2.39. The Kier molecular flexibility index (Phi) is 4.23. The highest BCUT2D eigenvalue weighted by atomic mass is 15.1. The normalized spacial score (nSPS) is 17.9. The zero-order chi connectivity index (χ0) is 11.2. The van der Waals surface area contributed by atoms with Crippen LogP contribution in [0, 0.1) is 0 Å². The SMILES string of the molecule is NCc1cccc(N2CCCCCCC2)c1. The number of anilines is 1. The number of nitrogens with zero attached hydrogens (tertiary/aromatic N) is 1. The molecule has 2 nitrogen and oxygen atoms in total. The highest BCUT2D eigenvalue weighted by Crippen LogP contribution is 2.20. The van der Waals surface area contributed by atoms with Gasteiger partial charge < -0.3 is 10.6 Å². The Balaban J connectivity index is 2.07. The van der Waals surface area contributed by atoms with Gasteiger partial charge in [-0.15, -0.1) is 0 Å². The predicted octanol–water partition coefficient (Wildman–Crippen LogP) is 2.92. The fraction of sp³-hybridized carbons (Fsp3) is 0.571. The highest BCUT2D eigenvalue weighted by molar-refractivity contribution is 5.48. The molecule has 1 saturated heterocycles. The van der Waals surface area contributed by atoms with Crippen LogP contribution in [-0.2, 0) is 6.54 Å². The second-order valence-corrected chi connectivity index (χ2v) is 4.63. The number of rotatable bonds is 2. The minimum Gasteiger partial charge on any atom is -0.372 e. The van der Waals surface area contributed by atoms with Crippen LogP contribution in [0.5, 0.6) is 0 Å². The van der Waals surface area contributed by atoms with Crippen molar-refractivity contribution in [2.24, 2.45) is 5.73 Å². The summed E-state index contributed by atoms with van der Waals surface area (Å²) in [5, 5.41) is 0. The van der Waals surface area contributed by atoms with E-state index in [0.29, 0.717) is 6.54 Å². The van der Waals surface area contributed by atoms with Crippen molar-refractivity contribution in [3.8, 4) is 0 Å². The summed E-state index contributed by atoms with van der Waals surface area (Å²) in [6.07, 6.45) is 6.83. The molecule has 88 valence electrons. The minimum atomic E-state index is 0.641. The average Bonchev–Trinajstić information content (AvgIpc) is 2.29. The molecule has 0 saturated carbocycles. The van der Waals surface area contributed by atoms with E-state index in [2.05, 4.69) is 29.2 Å². The van der Waals surface area contributed by atoms with E-state index in [-0.39, 0.29) is 0 Å². The number of nitrogens with two attached hydrogens (primary N) is 1. The predicted molar refractivity (Wildman–Crippen MR) is 69.6 cm³/mol. The topological polar surface area (TPSA) is 29.3 Å². The van der Waals surface area contributed by atoms with Gasteiger partial charge in [0.2, 0.25) is 0 Å². The maximum atomic E-state index is 5.69. The molecule has 0 bridgehead atoms. The molecular formula is C14H22N2. The van der Waals surface area contributed by atoms with Gasteiger partial charge in [0.05, 0.1) is 0 Å². The summed E-state index contributed by atoms with van der Waals surface area (Å²) < 4.78 is 0. The second kappa shape index (κ2) is 5.90. The van der Waals surface area contributed by atoms with Crippen molar-refractivity contribution in [3.05, 3.63) is 29.8 Å². The van der Waals surface area contributed by atoms with Gasteiger partial charge in [-0.05, 0) is 30.5 Å². The van der Waals surface area contributed by atoms with E-state index in [1.165, 1.54) is 56.4 Å². The first-order valence-electron chi connectivity index (χ1n) is 6.44. The molecular weight excluding hydrogens is 196 g/mol. The van der Waals surface area contributed by atoms with E-state index in [1.54, 1.807) is 0 Å². The number of benzene rings is 1. The van der Waals surface area contributed by atoms with Gasteiger partial charge in [0.15, 0.2) is 0 Å². The monoisotopic (exact) mass is 218 g/mol. The van der Waals surface area contributed by atoms with Crippen LogP contribution in [0.4, 0.5) is 5.69 Å². The van der Waals surface area contributed by atoms with Gasteiger partial charge in [-0.3, -0.25) is 0 Å². The molecule has 1 aromatic rings. The van der Waals surface area contributed by atoms with E-state index in [4.69, 9.17) is 5.73 Å². The lowest BCUT2D eigenvalue weighted by Gasteiger charge is -2.27. The summed E-state index contributed by atoms with van der Waals surface area (Å²) in [5.41, 5.74) is 8.27. The van der Waals surface area contributed by atoms with Crippen LogP contribution in [0.1, 0.15) is 37.7 Å². The first-order chi connectivity index (χ1) is 7.90.